The minimum absolute atomic E-state index is 0.0141. The molecule has 0 bridgehead atoms. The third-order valence-corrected chi connectivity index (χ3v) is 4.93. The molecule has 116 valence electrons. The van der Waals surface area contributed by atoms with Crippen LogP contribution in [0, 0.1) is 0 Å². The van der Waals surface area contributed by atoms with Gasteiger partial charge in [-0.25, -0.2) is 0 Å². The number of carbonyl (C=O) groups excluding carboxylic acids is 1. The van der Waals surface area contributed by atoms with Gasteiger partial charge >= 0.3 is 0 Å². The summed E-state index contributed by atoms with van der Waals surface area (Å²) >= 11 is 0. The second-order valence-electron chi connectivity index (χ2n) is 5.98. The van der Waals surface area contributed by atoms with E-state index in [2.05, 4.69) is 0 Å². The van der Waals surface area contributed by atoms with E-state index in [0.29, 0.717) is 17.7 Å². The molecular formula is C18H22O3Si. The standard InChI is InChI=1S/C18H22O3Si/c1-22(2,20)14-6-13-21-17-11-9-16(10-12-17)18(19)15-7-4-3-5-8-15/h3-5,7-12,20H,6,13-14H2,1-2H3. The Bertz CT molecular complexity index is 600. The van der Waals surface area contributed by atoms with Crippen molar-refractivity contribution >= 4 is 14.1 Å². The zero-order chi connectivity index (χ0) is 16.0. The summed E-state index contributed by atoms with van der Waals surface area (Å²) in [5, 5.41) is 0. The summed E-state index contributed by atoms with van der Waals surface area (Å²) in [5.74, 6) is 0.766. The van der Waals surface area contributed by atoms with Crippen molar-refractivity contribution in [2.24, 2.45) is 0 Å². The quantitative estimate of drug-likeness (QED) is 0.479. The Morgan fingerprint density at radius 3 is 2.18 bits per heavy atom. The molecule has 0 amide bonds. The zero-order valence-electron chi connectivity index (χ0n) is 13.1. The largest absolute Gasteiger partial charge is 0.494 e. The number of ketones is 1. The first-order valence-electron chi connectivity index (χ1n) is 7.51. The first-order valence-corrected chi connectivity index (χ1v) is 10.7. The molecule has 4 heteroatoms. The molecule has 0 aliphatic heterocycles. The van der Waals surface area contributed by atoms with E-state index in [4.69, 9.17) is 4.74 Å². The summed E-state index contributed by atoms with van der Waals surface area (Å²) in [5.41, 5.74) is 1.34. The van der Waals surface area contributed by atoms with Gasteiger partial charge in [0.15, 0.2) is 14.1 Å². The van der Waals surface area contributed by atoms with E-state index in [0.717, 1.165) is 18.2 Å². The molecule has 0 saturated carbocycles. The molecule has 0 saturated heterocycles. The molecule has 22 heavy (non-hydrogen) atoms. The van der Waals surface area contributed by atoms with Crippen LogP contribution in [0.2, 0.25) is 19.1 Å². The van der Waals surface area contributed by atoms with Crippen molar-refractivity contribution in [3.63, 3.8) is 0 Å². The summed E-state index contributed by atoms with van der Waals surface area (Å²) in [6.45, 7) is 4.44. The summed E-state index contributed by atoms with van der Waals surface area (Å²) in [6.07, 6.45) is 0.848. The van der Waals surface area contributed by atoms with E-state index in [1.807, 2.05) is 55.6 Å². The molecule has 0 heterocycles. The maximum absolute atomic E-state index is 12.3. The van der Waals surface area contributed by atoms with Gasteiger partial charge in [-0.1, -0.05) is 30.3 Å². The van der Waals surface area contributed by atoms with Crippen molar-refractivity contribution in [2.75, 3.05) is 6.61 Å². The molecule has 0 fully saturated rings. The lowest BCUT2D eigenvalue weighted by molar-refractivity contribution is 0.103. The summed E-state index contributed by atoms with van der Waals surface area (Å²) < 4.78 is 5.64. The van der Waals surface area contributed by atoms with Gasteiger partial charge in [0.1, 0.15) is 5.75 Å². The van der Waals surface area contributed by atoms with Crippen LogP contribution in [0.4, 0.5) is 0 Å². The Morgan fingerprint density at radius 1 is 1.00 bits per heavy atom. The minimum atomic E-state index is -1.98. The van der Waals surface area contributed by atoms with Gasteiger partial charge in [-0.2, -0.15) is 0 Å². The van der Waals surface area contributed by atoms with Gasteiger partial charge in [0.25, 0.3) is 0 Å². The Kier molecular flexibility index (Phi) is 5.52. The van der Waals surface area contributed by atoms with Crippen LogP contribution in [0.25, 0.3) is 0 Å². The van der Waals surface area contributed by atoms with Crippen molar-refractivity contribution in [1.82, 2.24) is 0 Å². The molecule has 0 unspecified atom stereocenters. The van der Waals surface area contributed by atoms with Gasteiger partial charge in [-0.3, -0.25) is 4.79 Å². The molecule has 1 N–H and O–H groups in total. The fourth-order valence-corrected chi connectivity index (χ4v) is 3.16. The van der Waals surface area contributed by atoms with E-state index in [9.17, 15) is 9.59 Å². The second-order valence-corrected chi connectivity index (χ2v) is 10.1. The van der Waals surface area contributed by atoms with Gasteiger partial charge in [0.2, 0.25) is 0 Å². The van der Waals surface area contributed by atoms with Crippen LogP contribution in [-0.4, -0.2) is 25.5 Å². The molecule has 0 aliphatic rings. The van der Waals surface area contributed by atoms with Crippen LogP contribution >= 0.6 is 0 Å². The number of benzene rings is 2. The highest BCUT2D eigenvalue weighted by Gasteiger charge is 2.15. The SMILES string of the molecule is C[Si](C)(O)CCCOc1ccc(C(=O)c2ccccc2)cc1. The first kappa shape index (κ1) is 16.5. The van der Waals surface area contributed by atoms with E-state index < -0.39 is 8.32 Å². The van der Waals surface area contributed by atoms with Crippen LogP contribution < -0.4 is 4.74 Å². The number of hydrogen-bond donors (Lipinski definition) is 1. The predicted molar refractivity (Wildman–Crippen MR) is 90.9 cm³/mol. The Balaban J connectivity index is 1.89. The van der Waals surface area contributed by atoms with Crippen LogP contribution in [0.15, 0.2) is 54.6 Å². The maximum atomic E-state index is 12.3. The fraction of sp³-hybridized carbons (Fsp3) is 0.278. The summed E-state index contributed by atoms with van der Waals surface area (Å²) in [6, 6.07) is 17.3. The Morgan fingerprint density at radius 2 is 1.59 bits per heavy atom. The summed E-state index contributed by atoms with van der Waals surface area (Å²) in [7, 11) is -1.98. The molecule has 2 aromatic rings. The van der Waals surface area contributed by atoms with Crippen LogP contribution in [0.3, 0.4) is 0 Å². The third-order valence-electron chi connectivity index (χ3n) is 3.35. The normalized spacial score (nSPS) is 11.2. The first-order chi connectivity index (χ1) is 10.5. The third kappa shape index (κ3) is 5.13. The van der Waals surface area contributed by atoms with Crippen molar-refractivity contribution < 1.29 is 14.3 Å². The van der Waals surface area contributed by atoms with E-state index >= 15 is 0 Å². The lowest BCUT2D eigenvalue weighted by Gasteiger charge is -2.13. The lowest BCUT2D eigenvalue weighted by atomic mass is 10.0. The molecular weight excluding hydrogens is 292 g/mol. The highest BCUT2D eigenvalue weighted by Crippen LogP contribution is 2.16. The second kappa shape index (κ2) is 7.38. The summed E-state index contributed by atoms with van der Waals surface area (Å²) in [4.78, 5) is 22.0. The molecule has 0 aliphatic carbocycles. The molecule has 0 spiro atoms. The molecule has 0 radical (unpaired) electrons. The van der Waals surface area contributed by atoms with E-state index in [1.165, 1.54) is 0 Å². The smallest absolute Gasteiger partial charge is 0.193 e. The Labute approximate surface area is 132 Å². The van der Waals surface area contributed by atoms with Crippen molar-refractivity contribution in [3.05, 3.63) is 65.7 Å². The monoisotopic (exact) mass is 314 g/mol. The number of carbonyl (C=O) groups is 1. The topological polar surface area (TPSA) is 46.5 Å². The van der Waals surface area contributed by atoms with Crippen LogP contribution in [-0.2, 0) is 0 Å². The number of ether oxygens (including phenoxy) is 1. The Hall–Kier alpha value is -1.91. The number of hydrogen-bond acceptors (Lipinski definition) is 3. The van der Waals surface area contributed by atoms with Gasteiger partial charge in [0, 0.05) is 11.1 Å². The van der Waals surface area contributed by atoms with Gasteiger partial charge in [-0.15, -0.1) is 0 Å². The van der Waals surface area contributed by atoms with Crippen LogP contribution in [0.5, 0.6) is 5.75 Å². The molecule has 2 rings (SSSR count). The predicted octanol–water partition coefficient (Wildman–Crippen LogP) is 3.88. The molecule has 3 nitrogen and oxygen atoms in total. The van der Waals surface area contributed by atoms with Crippen molar-refractivity contribution in [3.8, 4) is 5.75 Å². The molecule has 2 aromatic carbocycles. The highest BCUT2D eigenvalue weighted by atomic mass is 28.4. The maximum Gasteiger partial charge on any atom is 0.193 e. The lowest BCUT2D eigenvalue weighted by Crippen LogP contribution is -2.25. The zero-order valence-corrected chi connectivity index (χ0v) is 14.1. The van der Waals surface area contributed by atoms with E-state index in [-0.39, 0.29) is 5.78 Å². The minimum Gasteiger partial charge on any atom is -0.494 e. The van der Waals surface area contributed by atoms with Gasteiger partial charge in [-0.05, 0) is 49.8 Å². The van der Waals surface area contributed by atoms with Crippen molar-refractivity contribution in [2.45, 2.75) is 25.6 Å². The average molecular weight is 314 g/mol. The van der Waals surface area contributed by atoms with Gasteiger partial charge < -0.3 is 9.53 Å². The highest BCUT2D eigenvalue weighted by molar-refractivity contribution is 6.69. The van der Waals surface area contributed by atoms with E-state index in [1.54, 1.807) is 12.1 Å². The average Bonchev–Trinajstić information content (AvgIpc) is 2.51. The van der Waals surface area contributed by atoms with Gasteiger partial charge in [0.05, 0.1) is 6.61 Å². The van der Waals surface area contributed by atoms with Crippen LogP contribution in [0.1, 0.15) is 22.3 Å². The molecule has 0 atom stereocenters. The molecule has 0 aromatic heterocycles. The van der Waals surface area contributed by atoms with Crippen molar-refractivity contribution in [1.29, 1.82) is 0 Å². The number of rotatable bonds is 7. The fourth-order valence-electron chi connectivity index (χ4n) is 2.15.